The molecule has 2 aliphatic rings. The molecule has 0 aromatic heterocycles. The van der Waals surface area contributed by atoms with Crippen LogP contribution in [-0.4, -0.2) is 60.4 Å². The second-order valence-electron chi connectivity index (χ2n) is 8.85. The van der Waals surface area contributed by atoms with Gasteiger partial charge in [0.1, 0.15) is 5.75 Å². The van der Waals surface area contributed by atoms with Crippen LogP contribution in [0.25, 0.3) is 0 Å². The molecule has 0 atom stereocenters. The lowest BCUT2D eigenvalue weighted by Crippen LogP contribution is -2.40. The molecule has 10 heteroatoms. The summed E-state index contributed by atoms with van der Waals surface area (Å²) in [6.07, 6.45) is 3.92. The number of carbonyl (C=O) groups excluding carboxylic acids is 5. The molecule has 0 spiro atoms. The van der Waals surface area contributed by atoms with Crippen LogP contribution in [0.5, 0.6) is 5.75 Å². The average molecular weight is 508 g/mol. The lowest BCUT2D eigenvalue weighted by atomic mass is 9.94. The van der Waals surface area contributed by atoms with Crippen molar-refractivity contribution in [1.82, 2.24) is 15.5 Å². The van der Waals surface area contributed by atoms with E-state index in [2.05, 4.69) is 10.6 Å². The maximum absolute atomic E-state index is 12.9. The molecule has 0 bridgehead atoms. The van der Waals surface area contributed by atoms with Gasteiger partial charge < -0.3 is 20.1 Å². The highest BCUT2D eigenvalue weighted by atomic mass is 16.7. The van der Waals surface area contributed by atoms with E-state index in [0.29, 0.717) is 11.1 Å². The lowest BCUT2D eigenvalue weighted by Gasteiger charge is -2.29. The number of rotatable bonds is 8. The summed E-state index contributed by atoms with van der Waals surface area (Å²) in [7, 11) is 0. The summed E-state index contributed by atoms with van der Waals surface area (Å²) in [4.78, 5) is 63.4. The van der Waals surface area contributed by atoms with Gasteiger partial charge in [0.25, 0.3) is 23.6 Å². The van der Waals surface area contributed by atoms with E-state index in [1.807, 2.05) is 0 Å². The Labute approximate surface area is 214 Å². The van der Waals surface area contributed by atoms with E-state index in [9.17, 15) is 24.0 Å². The average Bonchev–Trinajstić information content (AvgIpc) is 3.16. The highest BCUT2D eigenvalue weighted by Gasteiger charge is 2.40. The van der Waals surface area contributed by atoms with Crippen molar-refractivity contribution in [3.05, 3.63) is 64.7 Å². The molecule has 0 radical (unpaired) electrons. The normalized spacial score (nSPS) is 15.2. The van der Waals surface area contributed by atoms with E-state index in [1.54, 1.807) is 6.92 Å². The predicted molar refractivity (Wildman–Crippen MR) is 133 cm³/mol. The number of benzene rings is 2. The van der Waals surface area contributed by atoms with E-state index in [-0.39, 0.29) is 60.3 Å². The SMILES string of the molecule is CCOC(=O)Oc1ccc(C(=O)NCCNC(=O)c2ccc3c(c2)C(=O)N(C2CCCCC2)C3=O)cc1. The Balaban J connectivity index is 1.26. The first kappa shape index (κ1) is 25.9. The summed E-state index contributed by atoms with van der Waals surface area (Å²) in [6.45, 7) is 2.19. The zero-order valence-electron chi connectivity index (χ0n) is 20.6. The highest BCUT2D eigenvalue weighted by Crippen LogP contribution is 2.31. The van der Waals surface area contributed by atoms with Crippen molar-refractivity contribution in [3.63, 3.8) is 0 Å². The molecular formula is C27H29N3O7. The van der Waals surface area contributed by atoms with Crippen molar-refractivity contribution < 1.29 is 33.4 Å². The van der Waals surface area contributed by atoms with Crippen molar-refractivity contribution in [2.24, 2.45) is 0 Å². The largest absolute Gasteiger partial charge is 0.513 e. The van der Waals surface area contributed by atoms with Gasteiger partial charge in [0.2, 0.25) is 0 Å². The van der Waals surface area contributed by atoms with Crippen LogP contribution in [0.1, 0.15) is 80.5 Å². The molecule has 1 fully saturated rings. The van der Waals surface area contributed by atoms with E-state index < -0.39 is 12.1 Å². The fourth-order valence-corrected chi connectivity index (χ4v) is 4.55. The summed E-state index contributed by atoms with van der Waals surface area (Å²) in [6, 6.07) is 10.4. The first-order chi connectivity index (χ1) is 17.9. The van der Waals surface area contributed by atoms with E-state index in [0.717, 1.165) is 32.1 Å². The van der Waals surface area contributed by atoms with E-state index in [4.69, 9.17) is 9.47 Å². The topological polar surface area (TPSA) is 131 Å². The number of nitrogens with zero attached hydrogens (tertiary/aromatic N) is 1. The minimum atomic E-state index is -0.823. The summed E-state index contributed by atoms with van der Waals surface area (Å²) < 4.78 is 9.64. The first-order valence-electron chi connectivity index (χ1n) is 12.4. The monoisotopic (exact) mass is 507 g/mol. The zero-order chi connectivity index (χ0) is 26.4. The van der Waals surface area contributed by atoms with Gasteiger partial charge in [0.05, 0.1) is 17.7 Å². The zero-order valence-corrected chi connectivity index (χ0v) is 20.6. The van der Waals surface area contributed by atoms with Crippen molar-refractivity contribution in [2.45, 2.75) is 45.1 Å². The van der Waals surface area contributed by atoms with Gasteiger partial charge in [-0.3, -0.25) is 24.1 Å². The van der Waals surface area contributed by atoms with Gasteiger partial charge in [0, 0.05) is 30.3 Å². The quantitative estimate of drug-likeness (QED) is 0.243. The summed E-state index contributed by atoms with van der Waals surface area (Å²) in [5.74, 6) is -1.15. The molecule has 2 N–H and O–H groups in total. The van der Waals surface area contributed by atoms with Crippen LogP contribution in [0.15, 0.2) is 42.5 Å². The number of carbonyl (C=O) groups is 5. The van der Waals surface area contributed by atoms with Gasteiger partial charge in [0.15, 0.2) is 0 Å². The lowest BCUT2D eigenvalue weighted by molar-refractivity contribution is 0.0548. The fourth-order valence-electron chi connectivity index (χ4n) is 4.55. The molecule has 1 aliphatic heterocycles. The Kier molecular flexibility index (Phi) is 8.17. The molecule has 1 heterocycles. The molecule has 2 aromatic rings. The van der Waals surface area contributed by atoms with Gasteiger partial charge >= 0.3 is 6.16 Å². The predicted octanol–water partition coefficient (Wildman–Crippen LogP) is 3.31. The van der Waals surface area contributed by atoms with Crippen molar-refractivity contribution in [1.29, 1.82) is 0 Å². The van der Waals surface area contributed by atoms with Crippen LogP contribution in [0.2, 0.25) is 0 Å². The molecule has 37 heavy (non-hydrogen) atoms. The minimum Gasteiger partial charge on any atom is -0.434 e. The highest BCUT2D eigenvalue weighted by molar-refractivity contribution is 6.22. The number of imide groups is 1. The minimum absolute atomic E-state index is 0.0802. The van der Waals surface area contributed by atoms with Crippen molar-refractivity contribution in [2.75, 3.05) is 19.7 Å². The standard InChI is InChI=1S/C27H29N3O7/c1-2-36-27(35)37-20-11-8-17(9-12-20)23(31)28-14-15-29-24(32)18-10-13-21-22(16-18)26(34)30(25(21)33)19-6-4-3-5-7-19/h8-13,16,19H,2-7,14-15H2,1H3,(H,28,31)(H,29,32). The molecule has 0 unspecified atom stereocenters. The Morgan fingerprint density at radius 1 is 0.838 bits per heavy atom. The van der Waals surface area contributed by atoms with Crippen LogP contribution in [0, 0.1) is 0 Å². The van der Waals surface area contributed by atoms with Gasteiger partial charge in [-0.2, -0.15) is 0 Å². The molecule has 10 nitrogen and oxygen atoms in total. The van der Waals surface area contributed by atoms with Crippen LogP contribution in [0.4, 0.5) is 4.79 Å². The Morgan fingerprint density at radius 3 is 2.08 bits per heavy atom. The molecule has 0 saturated heterocycles. The molecule has 4 amide bonds. The molecule has 1 aliphatic carbocycles. The van der Waals surface area contributed by atoms with Crippen molar-refractivity contribution >= 4 is 29.8 Å². The van der Waals surface area contributed by atoms with Crippen LogP contribution >= 0.6 is 0 Å². The first-order valence-corrected chi connectivity index (χ1v) is 12.4. The fraction of sp³-hybridized carbons (Fsp3) is 0.370. The van der Waals surface area contributed by atoms with Gasteiger partial charge in [-0.05, 0) is 62.2 Å². The number of hydrogen-bond acceptors (Lipinski definition) is 7. The number of hydrogen-bond donors (Lipinski definition) is 2. The Morgan fingerprint density at radius 2 is 1.43 bits per heavy atom. The van der Waals surface area contributed by atoms with Crippen LogP contribution < -0.4 is 15.4 Å². The van der Waals surface area contributed by atoms with Crippen molar-refractivity contribution in [3.8, 4) is 5.75 Å². The smallest absolute Gasteiger partial charge is 0.434 e. The molecule has 1 saturated carbocycles. The number of amides is 4. The molecule has 2 aromatic carbocycles. The van der Waals surface area contributed by atoms with E-state index in [1.165, 1.54) is 47.4 Å². The van der Waals surface area contributed by atoms with Gasteiger partial charge in [-0.25, -0.2) is 4.79 Å². The van der Waals surface area contributed by atoms with Crippen LogP contribution in [0.3, 0.4) is 0 Å². The van der Waals surface area contributed by atoms with Crippen LogP contribution in [-0.2, 0) is 4.74 Å². The van der Waals surface area contributed by atoms with Gasteiger partial charge in [-0.1, -0.05) is 19.3 Å². The second kappa shape index (κ2) is 11.7. The molecule has 194 valence electrons. The summed E-state index contributed by atoms with van der Waals surface area (Å²) >= 11 is 0. The summed E-state index contributed by atoms with van der Waals surface area (Å²) in [5, 5.41) is 5.40. The number of fused-ring (bicyclic) bond motifs is 1. The molecular weight excluding hydrogens is 478 g/mol. The third-order valence-electron chi connectivity index (χ3n) is 6.40. The second-order valence-corrected chi connectivity index (χ2v) is 8.85. The van der Waals surface area contributed by atoms with E-state index >= 15 is 0 Å². The Hall–Kier alpha value is -4.21. The third kappa shape index (κ3) is 5.96. The third-order valence-corrected chi connectivity index (χ3v) is 6.40. The maximum atomic E-state index is 12.9. The molecule has 4 rings (SSSR count). The summed E-state index contributed by atoms with van der Waals surface area (Å²) in [5.41, 5.74) is 1.21. The Bertz CT molecular complexity index is 1200. The maximum Gasteiger partial charge on any atom is 0.513 e. The van der Waals surface area contributed by atoms with Gasteiger partial charge in [-0.15, -0.1) is 0 Å². The number of nitrogens with one attached hydrogen (secondary N) is 2. The number of ether oxygens (including phenoxy) is 2.